The van der Waals surface area contributed by atoms with Crippen molar-refractivity contribution in [2.45, 2.75) is 18.9 Å². The fraction of sp³-hybridized carbons (Fsp3) is 0.308. The summed E-state index contributed by atoms with van der Waals surface area (Å²) in [5, 5.41) is 11.9. The number of hydrogen-bond acceptors (Lipinski definition) is 2. The highest BCUT2D eigenvalue weighted by Gasteiger charge is 2.15. The van der Waals surface area contributed by atoms with E-state index in [-0.39, 0.29) is 0 Å². The van der Waals surface area contributed by atoms with Crippen LogP contribution in [-0.4, -0.2) is 17.6 Å². The van der Waals surface area contributed by atoms with Gasteiger partial charge in [-0.05, 0) is 36.6 Å². The predicted molar refractivity (Wildman–Crippen MR) is 63.1 cm³/mol. The molecule has 0 radical (unpaired) electrons. The summed E-state index contributed by atoms with van der Waals surface area (Å²) in [6.07, 6.45) is 5.17. The summed E-state index contributed by atoms with van der Waals surface area (Å²) in [4.78, 5) is 10.4. The third-order valence-electron chi connectivity index (χ3n) is 2.82. The molecule has 0 aromatic heterocycles. The van der Waals surface area contributed by atoms with Gasteiger partial charge in [0.15, 0.2) is 0 Å². The highest BCUT2D eigenvalue weighted by atomic mass is 16.4. The summed E-state index contributed by atoms with van der Waals surface area (Å²) in [7, 11) is 0. The first-order valence-electron chi connectivity index (χ1n) is 5.50. The van der Waals surface area contributed by atoms with Gasteiger partial charge < -0.3 is 10.4 Å². The van der Waals surface area contributed by atoms with Crippen LogP contribution < -0.4 is 5.32 Å². The molecule has 2 N–H and O–H groups in total. The molecule has 0 saturated carbocycles. The molecule has 1 unspecified atom stereocenters. The second kappa shape index (κ2) is 4.94. The summed E-state index contributed by atoms with van der Waals surface area (Å²) >= 11 is 0. The van der Waals surface area contributed by atoms with E-state index in [4.69, 9.17) is 5.11 Å². The number of carbonyl (C=O) groups is 1. The molecule has 1 atom stereocenters. The van der Waals surface area contributed by atoms with Crippen molar-refractivity contribution >= 4 is 12.0 Å². The molecule has 1 heterocycles. The monoisotopic (exact) mass is 217 g/mol. The van der Waals surface area contributed by atoms with Gasteiger partial charge in [0.05, 0.1) is 0 Å². The van der Waals surface area contributed by atoms with Gasteiger partial charge in [-0.15, -0.1) is 0 Å². The van der Waals surface area contributed by atoms with Crippen LogP contribution >= 0.6 is 0 Å². The van der Waals surface area contributed by atoms with E-state index in [1.807, 2.05) is 12.1 Å². The first kappa shape index (κ1) is 10.9. The maximum Gasteiger partial charge on any atom is 0.328 e. The lowest BCUT2D eigenvalue weighted by molar-refractivity contribution is -0.131. The highest BCUT2D eigenvalue weighted by molar-refractivity contribution is 5.85. The zero-order valence-electron chi connectivity index (χ0n) is 9.02. The van der Waals surface area contributed by atoms with Crippen molar-refractivity contribution < 1.29 is 9.90 Å². The Bertz CT molecular complexity index is 389. The third-order valence-corrected chi connectivity index (χ3v) is 2.82. The summed E-state index contributed by atoms with van der Waals surface area (Å²) in [6.45, 7) is 1.09. The number of nitrogens with one attached hydrogen (secondary N) is 1. The maximum atomic E-state index is 10.4. The van der Waals surface area contributed by atoms with Crippen LogP contribution in [0.1, 0.15) is 30.0 Å². The lowest BCUT2D eigenvalue weighted by Crippen LogP contribution is -2.12. The fourth-order valence-corrected chi connectivity index (χ4v) is 1.98. The first-order chi connectivity index (χ1) is 7.75. The van der Waals surface area contributed by atoms with E-state index in [0.29, 0.717) is 6.04 Å². The van der Waals surface area contributed by atoms with Gasteiger partial charge in [0.25, 0.3) is 0 Å². The molecule has 0 spiro atoms. The van der Waals surface area contributed by atoms with E-state index in [1.165, 1.54) is 18.4 Å². The Balaban J connectivity index is 2.06. The van der Waals surface area contributed by atoms with E-state index < -0.39 is 5.97 Å². The van der Waals surface area contributed by atoms with Crippen molar-refractivity contribution in [3.8, 4) is 0 Å². The summed E-state index contributed by atoms with van der Waals surface area (Å²) in [6, 6.07) is 8.50. The topological polar surface area (TPSA) is 49.3 Å². The molecular formula is C13H15NO2. The Morgan fingerprint density at radius 2 is 2.12 bits per heavy atom. The minimum Gasteiger partial charge on any atom is -0.478 e. The maximum absolute atomic E-state index is 10.4. The minimum atomic E-state index is -0.915. The molecule has 1 aliphatic heterocycles. The number of benzene rings is 1. The number of hydrogen-bond donors (Lipinski definition) is 2. The van der Waals surface area contributed by atoms with Gasteiger partial charge in [0, 0.05) is 12.1 Å². The Morgan fingerprint density at radius 3 is 2.69 bits per heavy atom. The van der Waals surface area contributed by atoms with Crippen molar-refractivity contribution in [1.82, 2.24) is 5.32 Å². The van der Waals surface area contributed by atoms with Gasteiger partial charge in [-0.1, -0.05) is 24.3 Å². The second-order valence-electron chi connectivity index (χ2n) is 3.99. The molecule has 3 heteroatoms. The lowest BCUT2D eigenvalue weighted by Gasteiger charge is -2.10. The molecule has 1 saturated heterocycles. The molecular weight excluding hydrogens is 202 g/mol. The van der Waals surface area contributed by atoms with Gasteiger partial charge in [-0.3, -0.25) is 0 Å². The number of aliphatic carboxylic acids is 1. The smallest absolute Gasteiger partial charge is 0.328 e. The highest BCUT2D eigenvalue weighted by Crippen LogP contribution is 2.23. The van der Waals surface area contributed by atoms with Crippen molar-refractivity contribution in [2.24, 2.45) is 0 Å². The van der Waals surface area contributed by atoms with Crippen LogP contribution in [0.4, 0.5) is 0 Å². The molecule has 1 aromatic carbocycles. The number of carboxylic acid groups (broad SMARTS) is 1. The average molecular weight is 217 g/mol. The van der Waals surface area contributed by atoms with Crippen molar-refractivity contribution in [3.63, 3.8) is 0 Å². The van der Waals surface area contributed by atoms with Gasteiger partial charge in [0.2, 0.25) is 0 Å². The largest absolute Gasteiger partial charge is 0.478 e. The molecule has 1 aromatic rings. The van der Waals surface area contributed by atoms with Gasteiger partial charge >= 0.3 is 5.97 Å². The summed E-state index contributed by atoms with van der Waals surface area (Å²) in [5.41, 5.74) is 2.20. The SMILES string of the molecule is O=C(O)C=Cc1ccc(C2CCCN2)cc1. The normalized spacial score (nSPS) is 20.4. The second-order valence-corrected chi connectivity index (χ2v) is 3.99. The zero-order chi connectivity index (χ0) is 11.4. The zero-order valence-corrected chi connectivity index (χ0v) is 9.02. The Hall–Kier alpha value is -1.61. The molecule has 1 aliphatic rings. The quantitative estimate of drug-likeness (QED) is 0.763. The van der Waals surface area contributed by atoms with Gasteiger partial charge in [-0.25, -0.2) is 4.79 Å². The van der Waals surface area contributed by atoms with E-state index in [0.717, 1.165) is 18.2 Å². The van der Waals surface area contributed by atoms with Crippen LogP contribution in [0.3, 0.4) is 0 Å². The molecule has 1 fully saturated rings. The number of carboxylic acids is 1. The van der Waals surface area contributed by atoms with E-state index in [9.17, 15) is 4.79 Å². The van der Waals surface area contributed by atoms with Crippen LogP contribution in [0.25, 0.3) is 6.08 Å². The molecule has 0 amide bonds. The van der Waals surface area contributed by atoms with E-state index >= 15 is 0 Å². The standard InChI is InChI=1S/C13H15NO2/c15-13(16)8-5-10-3-6-11(7-4-10)12-2-1-9-14-12/h3-8,12,14H,1-2,9H2,(H,15,16). The van der Waals surface area contributed by atoms with Gasteiger partial charge in [0.1, 0.15) is 0 Å². The molecule has 3 nitrogen and oxygen atoms in total. The van der Waals surface area contributed by atoms with Gasteiger partial charge in [-0.2, -0.15) is 0 Å². The first-order valence-corrected chi connectivity index (χ1v) is 5.50. The lowest BCUT2D eigenvalue weighted by atomic mass is 10.0. The summed E-state index contributed by atoms with van der Waals surface area (Å²) < 4.78 is 0. The number of rotatable bonds is 3. The van der Waals surface area contributed by atoms with Crippen LogP contribution in [0, 0.1) is 0 Å². The van der Waals surface area contributed by atoms with Crippen LogP contribution in [0.5, 0.6) is 0 Å². The van der Waals surface area contributed by atoms with Crippen molar-refractivity contribution in [2.75, 3.05) is 6.54 Å². The third kappa shape index (κ3) is 2.70. The molecule has 84 valence electrons. The fourth-order valence-electron chi connectivity index (χ4n) is 1.98. The van der Waals surface area contributed by atoms with E-state index in [1.54, 1.807) is 6.08 Å². The van der Waals surface area contributed by atoms with E-state index in [2.05, 4.69) is 17.4 Å². The van der Waals surface area contributed by atoms with Crippen molar-refractivity contribution in [3.05, 3.63) is 41.5 Å². The van der Waals surface area contributed by atoms with Crippen molar-refractivity contribution in [1.29, 1.82) is 0 Å². The van der Waals surface area contributed by atoms with Crippen LogP contribution in [0.15, 0.2) is 30.3 Å². The molecule has 0 bridgehead atoms. The Labute approximate surface area is 94.8 Å². The molecule has 0 aliphatic carbocycles. The van der Waals surface area contributed by atoms with Crippen LogP contribution in [0.2, 0.25) is 0 Å². The molecule has 2 rings (SSSR count). The average Bonchev–Trinajstić information content (AvgIpc) is 2.80. The molecule has 16 heavy (non-hydrogen) atoms. The Kier molecular flexibility index (Phi) is 3.37. The van der Waals surface area contributed by atoms with Crippen LogP contribution in [-0.2, 0) is 4.79 Å². The predicted octanol–water partition coefficient (Wildman–Crippen LogP) is 2.21. The minimum absolute atomic E-state index is 0.470. The summed E-state index contributed by atoms with van der Waals surface area (Å²) in [5.74, 6) is -0.915. The Morgan fingerprint density at radius 1 is 1.38 bits per heavy atom.